The van der Waals surface area contributed by atoms with Gasteiger partial charge < -0.3 is 13.7 Å². The number of hydrogen-bond donors (Lipinski definition) is 0. The van der Waals surface area contributed by atoms with E-state index in [0.29, 0.717) is 11.3 Å². The summed E-state index contributed by atoms with van der Waals surface area (Å²) in [6.07, 6.45) is 0. The van der Waals surface area contributed by atoms with Crippen LogP contribution < -0.4 is 0 Å². The number of benzene rings is 8. The molecule has 0 aliphatic carbocycles. The van der Waals surface area contributed by atoms with E-state index in [2.05, 4.69) is 164 Å². The second-order valence-electron chi connectivity index (χ2n) is 13.9. The smallest absolute Gasteiger partial charge is 0.197 e. The van der Waals surface area contributed by atoms with Crippen LogP contribution in [0.2, 0.25) is 0 Å². The molecule has 0 amide bonds. The molecule has 0 N–H and O–H groups in total. The normalized spacial score (nSPS) is 11.6. The lowest BCUT2D eigenvalue weighted by Crippen LogP contribution is -1.98. The first-order valence-electron chi connectivity index (χ1n) is 18.3. The minimum atomic E-state index is 0.604. The van der Waals surface area contributed by atoms with Crippen LogP contribution in [0.5, 0.6) is 0 Å². The van der Waals surface area contributed by atoms with E-state index in [1.165, 1.54) is 32.6 Å². The Bertz CT molecular complexity index is 3400. The molecule has 5 nitrogen and oxygen atoms in total. The number of hydrogen-bond acceptors (Lipinski definition) is 1. The molecule has 0 radical (unpaired) electrons. The van der Waals surface area contributed by atoms with Gasteiger partial charge >= 0.3 is 0 Å². The van der Waals surface area contributed by atoms with Crippen LogP contribution in [-0.4, -0.2) is 13.7 Å². The first-order chi connectivity index (χ1) is 27.2. The van der Waals surface area contributed by atoms with E-state index in [1.807, 2.05) is 36.4 Å². The Kier molecular flexibility index (Phi) is 6.61. The van der Waals surface area contributed by atoms with E-state index in [1.54, 1.807) is 0 Å². The summed E-state index contributed by atoms with van der Waals surface area (Å²) in [4.78, 5) is 3.85. The van der Waals surface area contributed by atoms with Crippen LogP contribution in [0.1, 0.15) is 5.56 Å². The SMILES string of the molecule is [C-]#[N+]c1cccc2c1c1ccccc1n2-c1ccc(C#N)c(-c2ccc(-n3c4ccccc4c4ccc(-n5c6ccccc6c6ccccc65)cc43)cc2)c1. The summed E-state index contributed by atoms with van der Waals surface area (Å²) in [6, 6.07) is 63.7. The number of para-hydroxylation sites is 4. The van der Waals surface area contributed by atoms with Crippen molar-refractivity contribution in [3.05, 3.63) is 193 Å². The molecular formula is C50H29N5. The largest absolute Gasteiger partial charge is 0.311 e. The van der Waals surface area contributed by atoms with Gasteiger partial charge in [-0.1, -0.05) is 103 Å². The zero-order chi connectivity index (χ0) is 36.6. The third kappa shape index (κ3) is 4.45. The molecule has 0 bridgehead atoms. The first kappa shape index (κ1) is 30.7. The van der Waals surface area contributed by atoms with Crippen molar-refractivity contribution in [1.82, 2.24) is 13.7 Å². The Hall–Kier alpha value is -7.86. The summed E-state index contributed by atoms with van der Waals surface area (Å²) in [6.45, 7) is 7.85. The predicted molar refractivity (Wildman–Crippen MR) is 226 cm³/mol. The third-order valence-corrected chi connectivity index (χ3v) is 11.1. The lowest BCUT2D eigenvalue weighted by Gasteiger charge is -2.14. The van der Waals surface area contributed by atoms with Gasteiger partial charge in [0.15, 0.2) is 5.69 Å². The van der Waals surface area contributed by atoms with Crippen molar-refractivity contribution in [2.75, 3.05) is 0 Å². The molecule has 0 spiro atoms. The standard InChI is InChI=1S/C50H29N5/c1-52-43-15-10-20-48-50(43)41-14-5-9-19-47(41)55(48)35-26-23-33(31-51)42(29-35)32-21-24-34(25-22-32)53-44-16-6-4-13-39(44)40-28-27-36(30-49(40)53)54-45-17-7-2-11-37(45)38-12-3-8-18-46(38)54/h2-30H. The molecule has 11 aromatic rings. The molecule has 0 saturated carbocycles. The molecular weight excluding hydrogens is 671 g/mol. The highest BCUT2D eigenvalue weighted by atomic mass is 15.0. The summed E-state index contributed by atoms with van der Waals surface area (Å²) in [5, 5.41) is 17.1. The van der Waals surface area contributed by atoms with Gasteiger partial charge in [0.05, 0.1) is 45.8 Å². The van der Waals surface area contributed by atoms with Crippen LogP contribution >= 0.6 is 0 Å². The van der Waals surface area contributed by atoms with Gasteiger partial charge in [-0.25, -0.2) is 4.85 Å². The van der Waals surface area contributed by atoms with Gasteiger partial charge in [0.2, 0.25) is 0 Å². The van der Waals surface area contributed by atoms with Gasteiger partial charge in [-0.05, 0) is 83.7 Å². The van der Waals surface area contributed by atoms with Crippen molar-refractivity contribution in [3.63, 3.8) is 0 Å². The van der Waals surface area contributed by atoms with Gasteiger partial charge in [0, 0.05) is 55.1 Å². The minimum absolute atomic E-state index is 0.604. The fraction of sp³-hybridized carbons (Fsp3) is 0. The van der Waals surface area contributed by atoms with Crippen LogP contribution in [-0.2, 0) is 0 Å². The van der Waals surface area contributed by atoms with Crippen molar-refractivity contribution in [2.45, 2.75) is 0 Å². The molecule has 0 saturated heterocycles. The Labute approximate surface area is 316 Å². The monoisotopic (exact) mass is 699 g/mol. The average molecular weight is 700 g/mol. The average Bonchev–Trinajstić information content (AvgIpc) is 3.89. The number of nitrogens with zero attached hydrogens (tertiary/aromatic N) is 5. The maximum atomic E-state index is 10.3. The second-order valence-corrected chi connectivity index (χ2v) is 13.9. The lowest BCUT2D eigenvalue weighted by molar-refractivity contribution is 1.15. The number of rotatable bonds is 4. The summed E-state index contributed by atoms with van der Waals surface area (Å²) in [5.41, 5.74) is 12.7. The molecule has 0 aliphatic rings. The van der Waals surface area contributed by atoms with Gasteiger partial charge in [0.25, 0.3) is 0 Å². The summed E-state index contributed by atoms with van der Waals surface area (Å²) >= 11 is 0. The molecule has 5 heteroatoms. The fourth-order valence-electron chi connectivity index (χ4n) is 8.75. The van der Waals surface area contributed by atoms with E-state index in [0.717, 1.165) is 61.0 Å². The molecule has 0 aliphatic heterocycles. The number of fused-ring (bicyclic) bond motifs is 9. The van der Waals surface area contributed by atoms with Gasteiger partial charge in [-0.2, -0.15) is 5.26 Å². The molecule has 55 heavy (non-hydrogen) atoms. The lowest BCUT2D eigenvalue weighted by atomic mass is 9.99. The zero-order valence-corrected chi connectivity index (χ0v) is 29.5. The summed E-state index contributed by atoms with van der Waals surface area (Å²) < 4.78 is 6.91. The van der Waals surface area contributed by atoms with E-state index >= 15 is 0 Å². The van der Waals surface area contributed by atoms with E-state index < -0.39 is 0 Å². The zero-order valence-electron chi connectivity index (χ0n) is 29.5. The minimum Gasteiger partial charge on any atom is -0.311 e. The van der Waals surface area contributed by atoms with Gasteiger partial charge in [0.1, 0.15) is 0 Å². The van der Waals surface area contributed by atoms with Crippen molar-refractivity contribution in [2.24, 2.45) is 0 Å². The molecule has 0 fully saturated rings. The van der Waals surface area contributed by atoms with Crippen molar-refractivity contribution < 1.29 is 0 Å². The number of aromatic nitrogens is 3. The first-order valence-corrected chi connectivity index (χ1v) is 18.3. The summed E-state index contributed by atoms with van der Waals surface area (Å²) in [5.74, 6) is 0. The predicted octanol–water partition coefficient (Wildman–Crippen LogP) is 13.1. The molecule has 0 atom stereocenters. The molecule has 11 rings (SSSR count). The molecule has 3 aromatic heterocycles. The maximum absolute atomic E-state index is 10.3. The van der Waals surface area contributed by atoms with Crippen molar-refractivity contribution in [1.29, 1.82) is 5.26 Å². The topological polar surface area (TPSA) is 42.9 Å². The molecule has 3 heterocycles. The highest BCUT2D eigenvalue weighted by molar-refractivity contribution is 6.15. The Morgan fingerprint density at radius 3 is 1.51 bits per heavy atom. The van der Waals surface area contributed by atoms with Crippen LogP contribution in [0.4, 0.5) is 5.69 Å². The van der Waals surface area contributed by atoms with Crippen molar-refractivity contribution >= 4 is 71.1 Å². The fourth-order valence-corrected chi connectivity index (χ4v) is 8.75. The highest BCUT2D eigenvalue weighted by Crippen LogP contribution is 2.40. The van der Waals surface area contributed by atoms with Gasteiger partial charge in [-0.3, -0.25) is 0 Å². The third-order valence-electron chi connectivity index (χ3n) is 11.1. The number of nitriles is 1. The Morgan fingerprint density at radius 1 is 0.418 bits per heavy atom. The van der Waals surface area contributed by atoms with Crippen LogP contribution in [0, 0.1) is 17.9 Å². The van der Waals surface area contributed by atoms with Crippen LogP contribution in [0.15, 0.2) is 176 Å². The van der Waals surface area contributed by atoms with Crippen LogP contribution in [0.25, 0.3) is 98.5 Å². The second kappa shape index (κ2) is 11.8. The molecule has 0 unspecified atom stereocenters. The van der Waals surface area contributed by atoms with Crippen LogP contribution in [0.3, 0.4) is 0 Å². The van der Waals surface area contributed by atoms with E-state index in [9.17, 15) is 5.26 Å². The Balaban J connectivity index is 1.08. The molecule has 254 valence electrons. The van der Waals surface area contributed by atoms with Gasteiger partial charge in [-0.15, -0.1) is 0 Å². The van der Waals surface area contributed by atoms with Crippen molar-refractivity contribution in [3.8, 4) is 34.3 Å². The highest BCUT2D eigenvalue weighted by Gasteiger charge is 2.19. The maximum Gasteiger partial charge on any atom is 0.197 e. The Morgan fingerprint density at radius 2 is 0.891 bits per heavy atom. The molecule has 8 aromatic carbocycles. The van der Waals surface area contributed by atoms with E-state index in [4.69, 9.17) is 6.57 Å². The van der Waals surface area contributed by atoms with E-state index in [-0.39, 0.29) is 0 Å². The summed E-state index contributed by atoms with van der Waals surface area (Å²) in [7, 11) is 0. The quantitative estimate of drug-likeness (QED) is 0.169.